The largest absolute Gasteiger partial charge is 0.361 e. The smallest absolute Gasteiger partial charge is 0.251 e. The van der Waals surface area contributed by atoms with Gasteiger partial charge in [0.15, 0.2) is 5.13 Å². The zero-order chi connectivity index (χ0) is 21.6. The molecule has 0 spiro atoms. The first-order valence-corrected chi connectivity index (χ1v) is 12.1. The lowest BCUT2D eigenvalue weighted by molar-refractivity contribution is -0.118. The first kappa shape index (κ1) is 21.1. The maximum absolute atomic E-state index is 12.9. The summed E-state index contributed by atoms with van der Waals surface area (Å²) in [6, 6.07) is 16.5. The standard InChI is InChI=1S/C23H22N4O2S2/c1-30-12-10-19(25-21(28)17-7-8-18-16(13-17)9-11-24-18)22(29)27-23-26-20(14-31-23)15-5-3-2-4-6-15/h2-9,11,13-14,19,24H,10,12H2,1H3,(H,25,28)(H,26,27,29)/t19-/m0/s1. The Morgan fingerprint density at radius 1 is 1.16 bits per heavy atom. The van der Waals surface area contributed by atoms with Crippen molar-refractivity contribution in [1.29, 1.82) is 0 Å². The van der Waals surface area contributed by atoms with Gasteiger partial charge in [0.25, 0.3) is 5.91 Å². The number of anilines is 1. The zero-order valence-corrected chi connectivity index (χ0v) is 18.6. The number of amides is 2. The Balaban J connectivity index is 1.46. The van der Waals surface area contributed by atoms with E-state index in [4.69, 9.17) is 0 Å². The molecular weight excluding hydrogens is 428 g/mol. The zero-order valence-electron chi connectivity index (χ0n) is 16.9. The van der Waals surface area contributed by atoms with Crippen molar-refractivity contribution in [3.63, 3.8) is 0 Å². The third kappa shape index (κ3) is 5.15. The van der Waals surface area contributed by atoms with Crippen LogP contribution in [0.15, 0.2) is 66.2 Å². The van der Waals surface area contributed by atoms with Crippen LogP contribution in [0.5, 0.6) is 0 Å². The lowest BCUT2D eigenvalue weighted by atomic mass is 10.1. The number of thioether (sulfide) groups is 1. The second-order valence-electron chi connectivity index (χ2n) is 6.98. The average Bonchev–Trinajstić information content (AvgIpc) is 3.46. The maximum Gasteiger partial charge on any atom is 0.251 e. The van der Waals surface area contributed by atoms with Gasteiger partial charge in [0.2, 0.25) is 5.91 Å². The SMILES string of the molecule is CSCC[C@H](NC(=O)c1ccc2[nH]ccc2c1)C(=O)Nc1nc(-c2ccccc2)cs1. The van der Waals surface area contributed by atoms with Gasteiger partial charge >= 0.3 is 0 Å². The number of aromatic amines is 1. The molecule has 2 aromatic carbocycles. The van der Waals surface area contributed by atoms with Gasteiger partial charge < -0.3 is 15.6 Å². The number of rotatable bonds is 8. The van der Waals surface area contributed by atoms with Gasteiger partial charge in [0, 0.05) is 33.6 Å². The number of thiazole rings is 1. The number of hydrogen-bond acceptors (Lipinski definition) is 5. The Hall–Kier alpha value is -3.10. The van der Waals surface area contributed by atoms with Gasteiger partial charge in [-0.2, -0.15) is 11.8 Å². The van der Waals surface area contributed by atoms with E-state index < -0.39 is 6.04 Å². The van der Waals surface area contributed by atoms with Crippen LogP contribution in [0.25, 0.3) is 22.2 Å². The number of nitrogens with zero attached hydrogens (tertiary/aromatic N) is 1. The van der Waals surface area contributed by atoms with Crippen molar-refractivity contribution >= 4 is 50.9 Å². The van der Waals surface area contributed by atoms with E-state index in [1.54, 1.807) is 17.8 Å². The predicted octanol–water partition coefficient (Wildman–Crippen LogP) is 4.78. The molecule has 0 aliphatic heterocycles. The molecule has 2 amide bonds. The van der Waals surface area contributed by atoms with Crippen LogP contribution in [0.1, 0.15) is 16.8 Å². The fourth-order valence-corrected chi connectivity index (χ4v) is 4.40. The molecule has 1 atom stereocenters. The minimum atomic E-state index is -0.647. The summed E-state index contributed by atoms with van der Waals surface area (Å²) in [6.07, 6.45) is 4.34. The van der Waals surface area contributed by atoms with Crippen molar-refractivity contribution in [2.75, 3.05) is 17.3 Å². The first-order chi connectivity index (χ1) is 15.1. The van der Waals surface area contributed by atoms with Gasteiger partial charge in [0.05, 0.1) is 5.69 Å². The highest BCUT2D eigenvalue weighted by Crippen LogP contribution is 2.25. The van der Waals surface area contributed by atoms with Gasteiger partial charge in [-0.05, 0) is 42.7 Å². The van der Waals surface area contributed by atoms with E-state index in [1.165, 1.54) is 11.3 Å². The highest BCUT2D eigenvalue weighted by Gasteiger charge is 2.22. The number of fused-ring (bicyclic) bond motifs is 1. The molecule has 8 heteroatoms. The van der Waals surface area contributed by atoms with E-state index in [1.807, 2.05) is 66.4 Å². The van der Waals surface area contributed by atoms with Crippen molar-refractivity contribution in [2.45, 2.75) is 12.5 Å². The number of aromatic nitrogens is 2. The molecule has 0 aliphatic carbocycles. The molecule has 0 aliphatic rings. The molecule has 31 heavy (non-hydrogen) atoms. The third-order valence-corrected chi connectivity index (χ3v) is 6.25. The molecule has 4 aromatic rings. The topological polar surface area (TPSA) is 86.9 Å². The van der Waals surface area contributed by atoms with Crippen LogP contribution in [-0.4, -0.2) is 39.8 Å². The van der Waals surface area contributed by atoms with E-state index in [0.29, 0.717) is 17.1 Å². The number of carbonyl (C=O) groups is 2. The Labute approximate surface area is 188 Å². The molecule has 4 rings (SSSR count). The minimum absolute atomic E-state index is 0.265. The molecule has 158 valence electrons. The van der Waals surface area contributed by atoms with Gasteiger partial charge in [-0.3, -0.25) is 9.59 Å². The van der Waals surface area contributed by atoms with E-state index in [-0.39, 0.29) is 11.8 Å². The van der Waals surface area contributed by atoms with Gasteiger partial charge in [-0.25, -0.2) is 4.98 Å². The van der Waals surface area contributed by atoms with E-state index in [0.717, 1.165) is 27.9 Å². The molecule has 0 bridgehead atoms. The molecule has 6 nitrogen and oxygen atoms in total. The highest BCUT2D eigenvalue weighted by molar-refractivity contribution is 7.98. The quantitative estimate of drug-likeness (QED) is 0.360. The van der Waals surface area contributed by atoms with Gasteiger partial charge in [-0.1, -0.05) is 30.3 Å². The summed E-state index contributed by atoms with van der Waals surface area (Å²) in [5.41, 5.74) is 3.29. The number of carbonyl (C=O) groups excluding carboxylic acids is 2. The first-order valence-electron chi connectivity index (χ1n) is 9.83. The molecular formula is C23H22N4O2S2. The normalized spacial score (nSPS) is 11.9. The average molecular weight is 451 g/mol. The summed E-state index contributed by atoms with van der Waals surface area (Å²) in [4.78, 5) is 33.4. The fourth-order valence-electron chi connectivity index (χ4n) is 3.21. The van der Waals surface area contributed by atoms with Crippen LogP contribution in [0, 0.1) is 0 Å². The highest BCUT2D eigenvalue weighted by atomic mass is 32.2. The summed E-state index contributed by atoms with van der Waals surface area (Å²) in [5.74, 6) is 0.218. The molecule has 0 radical (unpaired) electrons. The Morgan fingerprint density at radius 3 is 2.81 bits per heavy atom. The number of nitrogens with one attached hydrogen (secondary N) is 3. The van der Waals surface area contributed by atoms with Crippen LogP contribution in [0.2, 0.25) is 0 Å². The van der Waals surface area contributed by atoms with E-state index in [9.17, 15) is 9.59 Å². The van der Waals surface area contributed by atoms with Gasteiger partial charge in [-0.15, -0.1) is 11.3 Å². The van der Waals surface area contributed by atoms with Crippen LogP contribution in [-0.2, 0) is 4.79 Å². The van der Waals surface area contributed by atoms with Crippen molar-refractivity contribution in [3.05, 3.63) is 71.7 Å². The summed E-state index contributed by atoms with van der Waals surface area (Å²) in [5, 5.41) is 9.13. The van der Waals surface area contributed by atoms with Crippen LogP contribution in [0.4, 0.5) is 5.13 Å². The van der Waals surface area contributed by atoms with Crippen molar-refractivity contribution < 1.29 is 9.59 Å². The fraction of sp³-hybridized carbons (Fsp3) is 0.174. The lowest BCUT2D eigenvalue weighted by Gasteiger charge is -2.17. The number of H-pyrrole nitrogens is 1. The Kier molecular flexibility index (Phi) is 6.69. The van der Waals surface area contributed by atoms with Crippen molar-refractivity contribution in [3.8, 4) is 11.3 Å². The molecule has 0 saturated carbocycles. The maximum atomic E-state index is 12.9. The monoisotopic (exact) mass is 450 g/mol. The molecule has 2 heterocycles. The molecule has 0 fully saturated rings. The van der Waals surface area contributed by atoms with Crippen molar-refractivity contribution in [2.24, 2.45) is 0 Å². The van der Waals surface area contributed by atoms with Crippen LogP contribution in [0.3, 0.4) is 0 Å². The van der Waals surface area contributed by atoms with Crippen LogP contribution >= 0.6 is 23.1 Å². The molecule has 0 unspecified atom stereocenters. The summed E-state index contributed by atoms with van der Waals surface area (Å²) < 4.78 is 0. The number of benzene rings is 2. The van der Waals surface area contributed by atoms with E-state index in [2.05, 4.69) is 20.6 Å². The summed E-state index contributed by atoms with van der Waals surface area (Å²) in [6.45, 7) is 0. The van der Waals surface area contributed by atoms with Gasteiger partial charge in [0.1, 0.15) is 6.04 Å². The Morgan fingerprint density at radius 2 is 2.00 bits per heavy atom. The molecule has 3 N–H and O–H groups in total. The summed E-state index contributed by atoms with van der Waals surface area (Å²) in [7, 11) is 0. The van der Waals surface area contributed by atoms with Crippen molar-refractivity contribution in [1.82, 2.24) is 15.3 Å². The second-order valence-corrected chi connectivity index (χ2v) is 8.82. The Bertz CT molecular complexity index is 1190. The number of hydrogen-bond donors (Lipinski definition) is 3. The minimum Gasteiger partial charge on any atom is -0.361 e. The predicted molar refractivity (Wildman–Crippen MR) is 129 cm³/mol. The third-order valence-electron chi connectivity index (χ3n) is 4.85. The lowest BCUT2D eigenvalue weighted by Crippen LogP contribution is -2.44. The summed E-state index contributed by atoms with van der Waals surface area (Å²) >= 11 is 3.00. The molecule has 0 saturated heterocycles. The molecule has 2 aromatic heterocycles. The second kappa shape index (κ2) is 9.80. The van der Waals surface area contributed by atoms with E-state index >= 15 is 0 Å². The van der Waals surface area contributed by atoms with Crippen LogP contribution < -0.4 is 10.6 Å².